The average molecular weight is 797 g/mol. The van der Waals surface area contributed by atoms with E-state index in [0.29, 0.717) is 36.3 Å². The third-order valence-electron chi connectivity index (χ3n) is 8.01. The molecule has 0 aliphatic rings. The predicted molar refractivity (Wildman–Crippen MR) is 197 cm³/mol. The van der Waals surface area contributed by atoms with Crippen LogP contribution in [0.3, 0.4) is 0 Å². The van der Waals surface area contributed by atoms with Crippen LogP contribution in [0, 0.1) is 0 Å². The summed E-state index contributed by atoms with van der Waals surface area (Å²) >= 11 is 0. The van der Waals surface area contributed by atoms with Crippen molar-refractivity contribution in [3.63, 3.8) is 0 Å². The number of hydrogen-bond donors (Lipinski definition) is 0. The summed E-state index contributed by atoms with van der Waals surface area (Å²) in [4.78, 5) is 12.2. The topological polar surface area (TPSA) is 137 Å². The van der Waals surface area contributed by atoms with Gasteiger partial charge in [0.25, 0.3) is 0 Å². The molecule has 14 nitrogen and oxygen atoms in total. The van der Waals surface area contributed by atoms with Gasteiger partial charge in [-0.25, -0.2) is 4.79 Å². The molecular weight excluding hydrogens is 733 g/mol. The largest absolute Gasteiger partial charge is 0.499 e. The van der Waals surface area contributed by atoms with Crippen LogP contribution in [0.5, 0.6) is 0 Å². The van der Waals surface area contributed by atoms with E-state index in [4.69, 9.17) is 56.9 Å². The van der Waals surface area contributed by atoms with E-state index >= 15 is 0 Å². The van der Waals surface area contributed by atoms with Crippen molar-refractivity contribution in [2.45, 2.75) is 81.6 Å². The Balaban J connectivity index is 6.87. The third-order valence-corrected chi connectivity index (χ3v) is 33.2. The minimum Gasteiger partial charge on any atom is -0.463 e. The van der Waals surface area contributed by atoms with Gasteiger partial charge in [0.2, 0.25) is 0 Å². The Hall–Kier alpha value is 0.248. The first-order valence-corrected chi connectivity index (χ1v) is 32.7. The average Bonchev–Trinajstić information content (AvgIpc) is 3.03. The minimum absolute atomic E-state index is 0.0449. The summed E-state index contributed by atoms with van der Waals surface area (Å²) in [6.45, 7) is 16.3. The zero-order valence-electron chi connectivity index (χ0n) is 31.7. The minimum atomic E-state index is -3.61. The Morgan fingerprint density at radius 1 is 0.447 bits per heavy atom. The fourth-order valence-electron chi connectivity index (χ4n) is 5.00. The Bertz CT molecular complexity index is 798. The summed E-state index contributed by atoms with van der Waals surface area (Å²) in [6, 6.07) is 3.91. The number of ether oxygens (including phenoxy) is 1. The summed E-state index contributed by atoms with van der Waals surface area (Å²) in [5.74, 6) is -0.527. The van der Waals surface area contributed by atoms with E-state index in [0.717, 1.165) is 6.08 Å². The summed E-state index contributed by atoms with van der Waals surface area (Å²) < 4.78 is 78.6. The zero-order valence-corrected chi connectivity index (χ0v) is 38.7. The fourth-order valence-corrected chi connectivity index (χ4v) is 33.8. The van der Waals surface area contributed by atoms with Crippen LogP contribution in [-0.2, 0) is 61.7 Å². The van der Waals surface area contributed by atoms with Crippen LogP contribution >= 0.6 is 0 Å². The lowest BCUT2D eigenvalue weighted by atomic mass is 10.6. The molecule has 0 heterocycles. The molecule has 0 aromatic rings. The van der Waals surface area contributed by atoms with Gasteiger partial charge in [-0.15, -0.1) is 0 Å². The zero-order chi connectivity index (χ0) is 36.6. The van der Waals surface area contributed by atoms with Gasteiger partial charge in [-0.1, -0.05) is 6.58 Å². The van der Waals surface area contributed by atoms with Gasteiger partial charge in [-0.3, -0.25) is 0 Å². The van der Waals surface area contributed by atoms with Crippen LogP contribution in [0.4, 0.5) is 0 Å². The second-order valence-electron chi connectivity index (χ2n) is 12.8. The molecule has 0 spiro atoms. The number of hydrogen-bond acceptors (Lipinski definition) is 14. The Kier molecular flexibility index (Phi) is 21.0. The molecule has 0 fully saturated rings. The molecule has 0 unspecified atom stereocenters. The normalized spacial score (nSPS) is 14.0. The molecule has 0 aromatic carbocycles. The third kappa shape index (κ3) is 16.0. The Morgan fingerprint density at radius 2 is 0.702 bits per heavy atom. The first-order chi connectivity index (χ1) is 21.7. The lowest BCUT2D eigenvalue weighted by Gasteiger charge is -2.45. The van der Waals surface area contributed by atoms with E-state index in [2.05, 4.69) is 45.9 Å². The van der Waals surface area contributed by atoms with Gasteiger partial charge in [0.05, 0.1) is 6.61 Å². The maximum absolute atomic E-state index is 12.2. The fraction of sp³-hybridized carbons (Fsp3) is 0.885. The molecule has 0 atom stereocenters. The van der Waals surface area contributed by atoms with Gasteiger partial charge >= 0.3 is 41.2 Å². The number of rotatable bonds is 28. The highest BCUT2D eigenvalue weighted by atomic mass is 28.5. The summed E-state index contributed by atoms with van der Waals surface area (Å²) in [7, 11) is -5.61. The molecule has 0 N–H and O–H groups in total. The van der Waals surface area contributed by atoms with Crippen molar-refractivity contribution in [3.05, 3.63) is 12.7 Å². The van der Waals surface area contributed by atoms with E-state index in [1.54, 1.807) is 64.0 Å². The maximum Gasteiger partial charge on any atom is 0.499 e. The summed E-state index contributed by atoms with van der Waals surface area (Å²) in [5, 5.41) is 0. The van der Waals surface area contributed by atoms with Crippen molar-refractivity contribution in [1.82, 2.24) is 0 Å². The van der Waals surface area contributed by atoms with Crippen LogP contribution in [0.2, 0.25) is 81.6 Å². The highest BCUT2D eigenvalue weighted by molar-refractivity contribution is 6.91. The van der Waals surface area contributed by atoms with Crippen molar-refractivity contribution in [1.29, 1.82) is 0 Å². The molecule has 0 aromatic heterocycles. The van der Waals surface area contributed by atoms with Crippen LogP contribution in [0.1, 0.15) is 0 Å². The lowest BCUT2D eigenvalue weighted by molar-refractivity contribution is -0.137. The number of esters is 1. The monoisotopic (exact) mass is 796 g/mol. The molecule has 0 aliphatic carbocycles. The van der Waals surface area contributed by atoms with E-state index in [9.17, 15) is 4.79 Å². The second kappa shape index (κ2) is 20.9. The number of carbonyl (C=O) groups excluding carboxylic acids is 1. The van der Waals surface area contributed by atoms with Crippen LogP contribution < -0.4 is 0 Å². The first-order valence-electron chi connectivity index (χ1n) is 15.6. The molecular formula is C26H64O14Si7. The highest BCUT2D eigenvalue weighted by Crippen LogP contribution is 2.36. The number of carbonyl (C=O) groups is 1. The van der Waals surface area contributed by atoms with Gasteiger partial charge in [-0.2, -0.15) is 0 Å². The van der Waals surface area contributed by atoms with Gasteiger partial charge in [-0.05, 0) is 57.4 Å². The van der Waals surface area contributed by atoms with E-state index in [1.165, 1.54) is 0 Å². The Morgan fingerprint density at radius 3 is 0.915 bits per heavy atom. The molecule has 0 bridgehead atoms. The molecule has 47 heavy (non-hydrogen) atoms. The van der Waals surface area contributed by atoms with E-state index < -0.39 is 66.1 Å². The van der Waals surface area contributed by atoms with Crippen molar-refractivity contribution < 1.29 is 61.7 Å². The van der Waals surface area contributed by atoms with Gasteiger partial charge in [0.15, 0.2) is 25.0 Å². The molecule has 0 amide bonds. The summed E-state index contributed by atoms with van der Waals surface area (Å²) in [5.41, 5.74) is 0. The van der Waals surface area contributed by atoms with Crippen molar-refractivity contribution in [2.24, 2.45) is 0 Å². The predicted octanol–water partition coefficient (Wildman–Crippen LogP) is 4.95. The van der Waals surface area contributed by atoms with Crippen LogP contribution in [0.25, 0.3) is 0 Å². The SMILES string of the molecule is C=CC(=O)OCC[Si](O[Si](C)(C)CC[Si](OC)(OC)OC)(O[Si](C)(C)CC[Si](OC)(OC)OC)O[Si](C)(C)CC[Si](OC)(OC)OC. The van der Waals surface area contributed by atoms with Gasteiger partial charge in [0, 0.05) is 94.2 Å². The highest BCUT2D eigenvalue weighted by Gasteiger charge is 2.55. The van der Waals surface area contributed by atoms with Crippen molar-refractivity contribution in [3.8, 4) is 0 Å². The molecule has 0 rings (SSSR count). The van der Waals surface area contributed by atoms with Gasteiger partial charge in [0.1, 0.15) is 0 Å². The molecule has 0 saturated heterocycles. The Labute approximate surface area is 291 Å². The molecule has 21 heteroatoms. The van der Waals surface area contributed by atoms with Crippen molar-refractivity contribution in [2.75, 3.05) is 70.6 Å². The molecule has 0 aliphatic heterocycles. The second-order valence-corrected chi connectivity index (χ2v) is 38.4. The van der Waals surface area contributed by atoms with Gasteiger partial charge < -0.3 is 56.9 Å². The first kappa shape index (κ1) is 47.2. The lowest BCUT2D eigenvalue weighted by Crippen LogP contribution is -2.63. The molecule has 280 valence electrons. The van der Waals surface area contributed by atoms with Crippen molar-refractivity contribution >= 4 is 66.1 Å². The maximum atomic E-state index is 12.2. The summed E-state index contributed by atoms with van der Waals surface area (Å²) in [6.07, 6.45) is 1.14. The van der Waals surface area contributed by atoms with Crippen LogP contribution in [-0.4, -0.2) is 137 Å². The molecule has 0 saturated carbocycles. The standard InChI is InChI=1S/C26H64O14Si7/c1-17-26(27)37-18-19-47(38-41(11,12)20-23-44(28-2,29-3)30-4,39-42(13,14)21-24-45(31-5,32-6)33-7)40-43(15,16)22-25-46(34-8,35-9)36-10/h17H,1,18-25H2,2-16H3. The molecule has 0 radical (unpaired) electrons. The van der Waals surface area contributed by atoms with E-state index in [-0.39, 0.29) is 12.7 Å². The van der Waals surface area contributed by atoms with Crippen LogP contribution in [0.15, 0.2) is 12.7 Å². The smallest absolute Gasteiger partial charge is 0.463 e. The quantitative estimate of drug-likeness (QED) is 0.0600. The van der Waals surface area contributed by atoms with E-state index in [1.807, 2.05) is 0 Å².